The number of aliphatic imine (C=N–C) groups is 1. The quantitative estimate of drug-likeness (QED) is 0.397. The molecule has 0 spiro atoms. The highest BCUT2D eigenvalue weighted by Crippen LogP contribution is 2.41. The van der Waals surface area contributed by atoms with Crippen LogP contribution in [-0.4, -0.2) is 42.4 Å². The number of hydrogen-bond donors (Lipinski definition) is 1. The average molecular weight is 442 g/mol. The zero-order chi connectivity index (χ0) is 22.5. The van der Waals surface area contributed by atoms with E-state index in [4.69, 9.17) is 14.2 Å². The highest BCUT2D eigenvalue weighted by Gasteiger charge is 2.33. The molecule has 2 aromatic rings. The molecule has 31 heavy (non-hydrogen) atoms. The number of carbonyl (C=O) groups excluding carboxylic acids is 1. The van der Waals surface area contributed by atoms with Crippen LogP contribution in [0.2, 0.25) is 0 Å². The average Bonchev–Trinajstić information content (AvgIpc) is 3.08. The van der Waals surface area contributed by atoms with E-state index in [1.807, 2.05) is 0 Å². The summed E-state index contributed by atoms with van der Waals surface area (Å²) in [5, 5.41) is 21.7. The number of esters is 1. The number of nitro groups is 1. The normalized spacial score (nSPS) is 16.0. The van der Waals surface area contributed by atoms with Crippen molar-refractivity contribution in [3.8, 4) is 11.5 Å². The summed E-state index contributed by atoms with van der Waals surface area (Å²) < 4.78 is 15.3. The second-order valence-corrected chi connectivity index (χ2v) is 7.15. The predicted molar refractivity (Wildman–Crippen MR) is 117 cm³/mol. The van der Waals surface area contributed by atoms with Crippen molar-refractivity contribution in [3.63, 3.8) is 0 Å². The van der Waals surface area contributed by atoms with E-state index < -0.39 is 10.9 Å². The van der Waals surface area contributed by atoms with Crippen molar-refractivity contribution < 1.29 is 29.0 Å². The maximum atomic E-state index is 12.3. The van der Waals surface area contributed by atoms with Crippen LogP contribution < -0.4 is 9.47 Å². The molecule has 0 amide bonds. The molecule has 1 heterocycles. The molecule has 0 saturated carbocycles. The van der Waals surface area contributed by atoms with Crippen LogP contribution in [0.1, 0.15) is 5.56 Å². The summed E-state index contributed by atoms with van der Waals surface area (Å²) in [5.41, 5.74) is 0.857. The van der Waals surface area contributed by atoms with Crippen LogP contribution in [0.4, 0.5) is 11.4 Å². The Bertz CT molecular complexity index is 1120. The summed E-state index contributed by atoms with van der Waals surface area (Å²) in [6.07, 6.45) is 1.65. The van der Waals surface area contributed by atoms with Gasteiger partial charge in [0, 0.05) is 23.8 Å². The summed E-state index contributed by atoms with van der Waals surface area (Å²) in [7, 11) is 4.25. The summed E-state index contributed by atoms with van der Waals surface area (Å²) in [6.45, 7) is 0. The molecule has 1 aliphatic rings. The molecular weight excluding hydrogens is 424 g/mol. The maximum Gasteiger partial charge on any atom is 0.344 e. The Balaban J connectivity index is 2.03. The Hall–Kier alpha value is -3.79. The molecule has 0 saturated heterocycles. The van der Waals surface area contributed by atoms with E-state index in [1.165, 1.54) is 45.6 Å². The number of aliphatic hydroxyl groups excluding tert-OH is 1. The highest BCUT2D eigenvalue weighted by molar-refractivity contribution is 8.18. The van der Waals surface area contributed by atoms with Crippen LogP contribution in [0.5, 0.6) is 11.5 Å². The molecule has 3 rings (SSSR count). The van der Waals surface area contributed by atoms with Gasteiger partial charge in [-0.05, 0) is 30.3 Å². The lowest BCUT2D eigenvalue weighted by molar-refractivity contribution is -0.384. The van der Waals surface area contributed by atoms with Crippen LogP contribution >= 0.6 is 11.8 Å². The van der Waals surface area contributed by atoms with Gasteiger partial charge in [-0.25, -0.2) is 9.79 Å². The van der Waals surface area contributed by atoms with E-state index in [0.29, 0.717) is 27.7 Å². The fourth-order valence-electron chi connectivity index (χ4n) is 2.74. The number of hydrogen-bond acceptors (Lipinski definition) is 9. The summed E-state index contributed by atoms with van der Waals surface area (Å²) in [5.74, 6) is 0.0836. The van der Waals surface area contributed by atoms with Crippen LogP contribution in [-0.2, 0) is 9.53 Å². The topological polar surface area (TPSA) is 120 Å². The van der Waals surface area contributed by atoms with E-state index in [2.05, 4.69) is 4.99 Å². The Morgan fingerprint density at radius 1 is 1.13 bits per heavy atom. The summed E-state index contributed by atoms with van der Waals surface area (Å²) in [4.78, 5) is 27.3. The smallest absolute Gasteiger partial charge is 0.344 e. The van der Waals surface area contributed by atoms with E-state index in [9.17, 15) is 20.0 Å². The van der Waals surface area contributed by atoms with E-state index in [0.717, 1.165) is 11.8 Å². The fraction of sp³-hybridized carbons (Fsp3) is 0.143. The molecule has 1 aliphatic heterocycles. The number of methoxy groups -OCH3 is 3. The monoisotopic (exact) mass is 442 g/mol. The SMILES string of the molecule is COC(=O)C1=C(O)/C(=C\c2ccc(OC)cc2OC)SC1=Nc1ccc([N+](=O)[O-])cc1. The van der Waals surface area contributed by atoms with Crippen LogP contribution in [0, 0.1) is 10.1 Å². The maximum absolute atomic E-state index is 12.3. The Morgan fingerprint density at radius 3 is 2.42 bits per heavy atom. The largest absolute Gasteiger partial charge is 0.506 e. The molecule has 10 heteroatoms. The van der Waals surface area contributed by atoms with Crippen molar-refractivity contribution in [2.45, 2.75) is 0 Å². The Kier molecular flexibility index (Phi) is 6.61. The zero-order valence-corrected chi connectivity index (χ0v) is 17.6. The lowest BCUT2D eigenvalue weighted by Gasteiger charge is -2.08. The Labute approximate surface area is 181 Å². The van der Waals surface area contributed by atoms with Gasteiger partial charge >= 0.3 is 5.97 Å². The number of benzene rings is 2. The molecule has 0 fully saturated rings. The molecule has 0 radical (unpaired) electrons. The van der Waals surface area contributed by atoms with E-state index in [-0.39, 0.29) is 22.1 Å². The summed E-state index contributed by atoms with van der Waals surface area (Å²) in [6, 6.07) is 10.7. The molecule has 9 nitrogen and oxygen atoms in total. The molecule has 0 atom stereocenters. The number of nitro benzene ring substituents is 1. The molecular formula is C21H18N2O7S. The molecule has 0 bridgehead atoms. The van der Waals surface area contributed by atoms with Gasteiger partial charge in [-0.15, -0.1) is 0 Å². The van der Waals surface area contributed by atoms with Crippen molar-refractivity contribution in [1.82, 2.24) is 0 Å². The molecule has 2 aromatic carbocycles. The van der Waals surface area contributed by atoms with Crippen molar-refractivity contribution >= 4 is 40.2 Å². The van der Waals surface area contributed by atoms with Crippen LogP contribution in [0.15, 0.2) is 63.7 Å². The van der Waals surface area contributed by atoms with Gasteiger partial charge in [-0.3, -0.25) is 10.1 Å². The van der Waals surface area contributed by atoms with Gasteiger partial charge in [-0.2, -0.15) is 0 Å². The number of non-ortho nitro benzene ring substituents is 1. The van der Waals surface area contributed by atoms with Crippen LogP contribution in [0.25, 0.3) is 6.08 Å². The second kappa shape index (κ2) is 9.35. The number of rotatable bonds is 6. The molecule has 160 valence electrons. The standard InChI is InChI=1S/C21H18N2O7S/c1-28-15-9-4-12(16(11-15)29-2)10-17-19(24)18(21(25)30-3)20(31-17)22-13-5-7-14(8-6-13)23(26)27/h4-11,24H,1-3H3/b17-10+,22-20?. The van der Waals surface area contributed by atoms with Crippen LogP contribution in [0.3, 0.4) is 0 Å². The first-order valence-electron chi connectivity index (χ1n) is 8.85. The number of carbonyl (C=O) groups is 1. The van der Waals surface area contributed by atoms with Gasteiger partial charge < -0.3 is 19.3 Å². The Morgan fingerprint density at radius 2 is 1.84 bits per heavy atom. The molecule has 0 unspecified atom stereocenters. The van der Waals surface area contributed by atoms with E-state index >= 15 is 0 Å². The first-order valence-corrected chi connectivity index (χ1v) is 9.66. The first kappa shape index (κ1) is 21.9. The van der Waals surface area contributed by atoms with Crippen molar-refractivity contribution in [2.24, 2.45) is 4.99 Å². The molecule has 1 N–H and O–H groups in total. The van der Waals surface area contributed by atoms with E-state index in [1.54, 1.807) is 24.3 Å². The lowest BCUT2D eigenvalue weighted by Crippen LogP contribution is -2.10. The number of thioether (sulfide) groups is 1. The minimum absolute atomic E-state index is 0.0817. The van der Waals surface area contributed by atoms with Crippen molar-refractivity contribution in [2.75, 3.05) is 21.3 Å². The second-order valence-electron chi connectivity index (χ2n) is 6.12. The molecule has 0 aromatic heterocycles. The minimum atomic E-state index is -0.754. The molecule has 0 aliphatic carbocycles. The third-order valence-electron chi connectivity index (χ3n) is 4.30. The number of nitrogens with zero attached hydrogens (tertiary/aromatic N) is 2. The lowest BCUT2D eigenvalue weighted by atomic mass is 10.1. The van der Waals surface area contributed by atoms with Gasteiger partial charge in [0.2, 0.25) is 0 Å². The van der Waals surface area contributed by atoms with Crippen molar-refractivity contribution in [1.29, 1.82) is 0 Å². The third kappa shape index (κ3) is 4.69. The van der Waals surface area contributed by atoms with Gasteiger partial charge in [0.25, 0.3) is 5.69 Å². The highest BCUT2D eigenvalue weighted by atomic mass is 32.2. The predicted octanol–water partition coefficient (Wildman–Crippen LogP) is 4.42. The number of aliphatic hydroxyl groups is 1. The first-order chi connectivity index (χ1) is 14.9. The van der Waals surface area contributed by atoms with Crippen molar-refractivity contribution in [3.05, 3.63) is 74.4 Å². The van der Waals surface area contributed by atoms with Gasteiger partial charge in [0.15, 0.2) is 0 Å². The van der Waals surface area contributed by atoms with Gasteiger partial charge in [-0.1, -0.05) is 11.8 Å². The number of ether oxygens (including phenoxy) is 3. The van der Waals surface area contributed by atoms with Gasteiger partial charge in [0.1, 0.15) is 27.9 Å². The zero-order valence-electron chi connectivity index (χ0n) is 16.8. The van der Waals surface area contributed by atoms with Gasteiger partial charge in [0.05, 0.1) is 36.8 Å². The summed E-state index contributed by atoms with van der Waals surface area (Å²) >= 11 is 1.07. The third-order valence-corrected chi connectivity index (χ3v) is 5.32. The fourth-order valence-corrected chi connectivity index (χ4v) is 3.76. The minimum Gasteiger partial charge on any atom is -0.506 e.